The maximum Gasteiger partial charge on any atom is 0.221 e. The first-order chi connectivity index (χ1) is 11.2. The Balaban J connectivity index is 1.34. The van der Waals surface area contributed by atoms with Crippen molar-refractivity contribution in [2.24, 2.45) is 0 Å². The Kier molecular flexibility index (Phi) is 5.54. The van der Waals surface area contributed by atoms with Crippen LogP contribution in [0.1, 0.15) is 24.8 Å². The molecule has 1 aromatic rings. The molecule has 0 bridgehead atoms. The third-order valence-corrected chi connectivity index (χ3v) is 4.74. The number of ether oxygens (including phenoxy) is 2. The Morgan fingerprint density at radius 2 is 1.83 bits per heavy atom. The molecular weight excluding hydrogens is 316 g/mol. The van der Waals surface area contributed by atoms with E-state index in [1.165, 1.54) is 0 Å². The van der Waals surface area contributed by atoms with E-state index in [-0.39, 0.29) is 11.7 Å². The number of carbonyl (C=O) groups is 1. The van der Waals surface area contributed by atoms with Crippen molar-refractivity contribution in [3.63, 3.8) is 0 Å². The highest BCUT2D eigenvalue weighted by molar-refractivity contribution is 6.30. The highest BCUT2D eigenvalue weighted by atomic mass is 35.5. The fourth-order valence-corrected chi connectivity index (χ4v) is 3.18. The van der Waals surface area contributed by atoms with Gasteiger partial charge in [-0.2, -0.15) is 0 Å². The van der Waals surface area contributed by atoms with Crippen LogP contribution in [0.4, 0.5) is 0 Å². The molecule has 2 fully saturated rings. The summed E-state index contributed by atoms with van der Waals surface area (Å²) in [7, 11) is 0. The minimum absolute atomic E-state index is 0.0774. The van der Waals surface area contributed by atoms with E-state index < -0.39 is 0 Å². The smallest absolute Gasteiger partial charge is 0.221 e. The summed E-state index contributed by atoms with van der Waals surface area (Å²) in [6.07, 6.45) is 2.29. The number of carbonyl (C=O) groups excluding carboxylic acids is 1. The average Bonchev–Trinajstić information content (AvgIpc) is 3.02. The number of hydrogen-bond donors (Lipinski definition) is 1. The van der Waals surface area contributed by atoms with E-state index in [0.29, 0.717) is 31.2 Å². The normalized spacial score (nSPS) is 20.7. The predicted octanol–water partition coefficient (Wildman–Crippen LogP) is 2.19. The molecule has 5 nitrogen and oxygen atoms in total. The first kappa shape index (κ1) is 16.7. The second kappa shape index (κ2) is 7.62. The fraction of sp³-hybridized carbons (Fsp3) is 0.588. The molecule has 23 heavy (non-hydrogen) atoms. The van der Waals surface area contributed by atoms with E-state index in [0.717, 1.165) is 38.0 Å². The SMILES string of the molecule is O=C(CCN1CCC2(CC1)OCCO2)NCc1ccc(Cl)cc1. The van der Waals surface area contributed by atoms with E-state index in [4.69, 9.17) is 21.1 Å². The van der Waals surface area contributed by atoms with Gasteiger partial charge in [-0.25, -0.2) is 0 Å². The summed E-state index contributed by atoms with van der Waals surface area (Å²) in [4.78, 5) is 14.3. The van der Waals surface area contributed by atoms with Gasteiger partial charge in [0.1, 0.15) is 0 Å². The van der Waals surface area contributed by atoms with Gasteiger partial charge in [0.2, 0.25) is 5.91 Å². The molecule has 1 aromatic carbocycles. The molecule has 0 radical (unpaired) electrons. The molecule has 0 aliphatic carbocycles. The molecule has 6 heteroatoms. The maximum atomic E-state index is 12.0. The lowest BCUT2D eigenvalue weighted by molar-refractivity contribution is -0.185. The summed E-state index contributed by atoms with van der Waals surface area (Å²) in [5, 5.41) is 3.66. The van der Waals surface area contributed by atoms with Gasteiger partial charge in [0.15, 0.2) is 5.79 Å². The zero-order chi connectivity index (χ0) is 16.1. The van der Waals surface area contributed by atoms with Gasteiger partial charge >= 0.3 is 0 Å². The number of halogens is 1. The summed E-state index contributed by atoms with van der Waals surface area (Å²) < 4.78 is 11.4. The van der Waals surface area contributed by atoms with Crippen molar-refractivity contribution in [2.75, 3.05) is 32.8 Å². The fourth-order valence-electron chi connectivity index (χ4n) is 3.05. The van der Waals surface area contributed by atoms with Crippen LogP contribution in [0.25, 0.3) is 0 Å². The minimum atomic E-state index is -0.340. The van der Waals surface area contributed by atoms with E-state index in [2.05, 4.69) is 10.2 Å². The summed E-state index contributed by atoms with van der Waals surface area (Å²) in [6, 6.07) is 7.52. The number of rotatable bonds is 5. The Morgan fingerprint density at radius 1 is 1.17 bits per heavy atom. The summed E-state index contributed by atoms with van der Waals surface area (Å²) in [6.45, 7) is 4.57. The molecule has 1 spiro atoms. The Labute approximate surface area is 141 Å². The number of amides is 1. The molecule has 126 valence electrons. The Morgan fingerprint density at radius 3 is 2.48 bits per heavy atom. The van der Waals surface area contributed by atoms with Crippen molar-refractivity contribution in [1.82, 2.24) is 10.2 Å². The third kappa shape index (κ3) is 4.67. The quantitative estimate of drug-likeness (QED) is 0.894. The standard InChI is InChI=1S/C17H23ClN2O3/c18-15-3-1-14(2-4-15)13-19-16(21)5-8-20-9-6-17(7-10-20)22-11-12-23-17/h1-4H,5-13H2,(H,19,21). The highest BCUT2D eigenvalue weighted by Gasteiger charge is 2.39. The molecule has 0 unspecified atom stereocenters. The second-order valence-corrected chi connectivity index (χ2v) is 6.54. The molecule has 1 N–H and O–H groups in total. The molecule has 2 heterocycles. The largest absolute Gasteiger partial charge is 0.352 e. The topological polar surface area (TPSA) is 50.8 Å². The molecule has 1 amide bonds. The monoisotopic (exact) mass is 338 g/mol. The van der Waals surface area contributed by atoms with Gasteiger partial charge in [-0.1, -0.05) is 23.7 Å². The summed E-state index contributed by atoms with van der Waals surface area (Å²) in [5.41, 5.74) is 1.05. The lowest BCUT2D eigenvalue weighted by Crippen LogP contribution is -2.45. The molecular formula is C17H23ClN2O3. The van der Waals surface area contributed by atoms with Crippen LogP contribution in [-0.2, 0) is 20.8 Å². The molecule has 2 aliphatic heterocycles. The molecule has 0 atom stereocenters. The molecule has 0 aromatic heterocycles. The van der Waals surface area contributed by atoms with Crippen LogP contribution in [-0.4, -0.2) is 49.4 Å². The van der Waals surface area contributed by atoms with Crippen LogP contribution < -0.4 is 5.32 Å². The number of nitrogens with zero attached hydrogens (tertiary/aromatic N) is 1. The van der Waals surface area contributed by atoms with Gasteiger partial charge < -0.3 is 19.7 Å². The van der Waals surface area contributed by atoms with Crippen molar-refractivity contribution in [3.05, 3.63) is 34.9 Å². The van der Waals surface area contributed by atoms with Crippen molar-refractivity contribution < 1.29 is 14.3 Å². The van der Waals surface area contributed by atoms with Crippen LogP contribution in [0, 0.1) is 0 Å². The van der Waals surface area contributed by atoms with Crippen LogP contribution in [0.2, 0.25) is 5.02 Å². The van der Waals surface area contributed by atoms with Gasteiger partial charge in [0, 0.05) is 50.5 Å². The van der Waals surface area contributed by atoms with E-state index >= 15 is 0 Å². The Hall–Kier alpha value is -1.14. The van der Waals surface area contributed by atoms with E-state index in [9.17, 15) is 4.79 Å². The van der Waals surface area contributed by atoms with Crippen molar-refractivity contribution in [2.45, 2.75) is 31.6 Å². The zero-order valence-corrected chi connectivity index (χ0v) is 14.0. The van der Waals surface area contributed by atoms with Gasteiger partial charge in [-0.05, 0) is 17.7 Å². The Bertz CT molecular complexity index is 519. The average molecular weight is 339 g/mol. The first-order valence-electron chi connectivity index (χ1n) is 8.17. The number of piperidine rings is 1. The maximum absolute atomic E-state index is 12.0. The lowest BCUT2D eigenvalue weighted by Gasteiger charge is -2.37. The first-order valence-corrected chi connectivity index (χ1v) is 8.54. The molecule has 0 saturated carbocycles. The van der Waals surface area contributed by atoms with Crippen LogP contribution in [0.5, 0.6) is 0 Å². The van der Waals surface area contributed by atoms with Crippen molar-refractivity contribution >= 4 is 17.5 Å². The predicted molar refractivity (Wildman–Crippen MR) is 88.2 cm³/mol. The molecule has 2 saturated heterocycles. The number of hydrogen-bond acceptors (Lipinski definition) is 4. The van der Waals surface area contributed by atoms with Crippen LogP contribution >= 0.6 is 11.6 Å². The van der Waals surface area contributed by atoms with Crippen LogP contribution in [0.15, 0.2) is 24.3 Å². The zero-order valence-electron chi connectivity index (χ0n) is 13.2. The summed E-state index contributed by atoms with van der Waals surface area (Å²) in [5.74, 6) is -0.263. The van der Waals surface area contributed by atoms with Gasteiger partial charge in [-0.3, -0.25) is 4.79 Å². The minimum Gasteiger partial charge on any atom is -0.352 e. The number of benzene rings is 1. The van der Waals surface area contributed by atoms with E-state index in [1.54, 1.807) is 0 Å². The lowest BCUT2D eigenvalue weighted by atomic mass is 10.0. The highest BCUT2D eigenvalue weighted by Crippen LogP contribution is 2.31. The van der Waals surface area contributed by atoms with Crippen LogP contribution in [0.3, 0.4) is 0 Å². The number of nitrogens with one attached hydrogen (secondary N) is 1. The van der Waals surface area contributed by atoms with Gasteiger partial charge in [-0.15, -0.1) is 0 Å². The third-order valence-electron chi connectivity index (χ3n) is 4.49. The molecule has 3 rings (SSSR count). The van der Waals surface area contributed by atoms with Gasteiger partial charge in [0.25, 0.3) is 0 Å². The van der Waals surface area contributed by atoms with E-state index in [1.807, 2.05) is 24.3 Å². The van der Waals surface area contributed by atoms with Crippen molar-refractivity contribution in [3.8, 4) is 0 Å². The molecule has 2 aliphatic rings. The summed E-state index contributed by atoms with van der Waals surface area (Å²) >= 11 is 5.84. The van der Waals surface area contributed by atoms with Crippen molar-refractivity contribution in [1.29, 1.82) is 0 Å². The number of likely N-dealkylation sites (tertiary alicyclic amines) is 1. The van der Waals surface area contributed by atoms with Gasteiger partial charge in [0.05, 0.1) is 13.2 Å². The second-order valence-electron chi connectivity index (χ2n) is 6.10.